The van der Waals surface area contributed by atoms with Crippen molar-refractivity contribution < 1.29 is 23.1 Å². The van der Waals surface area contributed by atoms with Crippen molar-refractivity contribution in [2.45, 2.75) is 31.5 Å². The molecule has 1 aromatic rings. The summed E-state index contributed by atoms with van der Waals surface area (Å²) in [4.78, 5) is 11.7. The Morgan fingerprint density at radius 2 is 2.19 bits per heavy atom. The standard InChI is InChI=1S/C14H17F3N2O2/c15-14(16,17)10-4-3-9(8-12(10)20)5-7-19-13(21)11-2-1-6-18-11/h3-4,8,11,18,20H,1-2,5-7H2,(H,19,21). The number of hydrogen-bond acceptors (Lipinski definition) is 3. The molecule has 1 aliphatic heterocycles. The number of amides is 1. The Labute approximate surface area is 120 Å². The Hall–Kier alpha value is -1.76. The van der Waals surface area contributed by atoms with Gasteiger partial charge in [-0.05, 0) is 43.5 Å². The first-order valence-electron chi connectivity index (χ1n) is 6.78. The number of carbonyl (C=O) groups is 1. The highest BCUT2D eigenvalue weighted by molar-refractivity contribution is 5.81. The smallest absolute Gasteiger partial charge is 0.419 e. The normalized spacial score (nSPS) is 18.7. The molecule has 0 aromatic heterocycles. The van der Waals surface area contributed by atoms with Crippen LogP contribution in [-0.4, -0.2) is 30.1 Å². The van der Waals surface area contributed by atoms with Crippen molar-refractivity contribution in [3.05, 3.63) is 29.3 Å². The van der Waals surface area contributed by atoms with Crippen molar-refractivity contribution in [2.75, 3.05) is 13.1 Å². The second kappa shape index (κ2) is 6.34. The molecule has 1 aromatic carbocycles. The van der Waals surface area contributed by atoms with Crippen molar-refractivity contribution in [2.24, 2.45) is 0 Å². The largest absolute Gasteiger partial charge is 0.507 e. The molecule has 116 valence electrons. The molecule has 0 spiro atoms. The minimum absolute atomic E-state index is 0.0939. The molecule has 0 saturated carbocycles. The molecular formula is C14H17F3N2O2. The molecule has 1 fully saturated rings. The fourth-order valence-corrected chi connectivity index (χ4v) is 2.33. The Bertz CT molecular complexity index is 511. The van der Waals surface area contributed by atoms with Crippen molar-refractivity contribution in [1.29, 1.82) is 0 Å². The summed E-state index contributed by atoms with van der Waals surface area (Å²) in [6.07, 6.45) is -2.44. The van der Waals surface area contributed by atoms with Crippen LogP contribution in [0.3, 0.4) is 0 Å². The Kier molecular flexibility index (Phi) is 4.72. The summed E-state index contributed by atoms with van der Waals surface area (Å²) in [6, 6.07) is 3.07. The van der Waals surface area contributed by atoms with Crippen molar-refractivity contribution in [3.8, 4) is 5.75 Å². The molecule has 1 aliphatic rings. The van der Waals surface area contributed by atoms with E-state index in [1.54, 1.807) is 0 Å². The van der Waals surface area contributed by atoms with E-state index in [1.807, 2.05) is 0 Å². The number of nitrogens with one attached hydrogen (secondary N) is 2. The van der Waals surface area contributed by atoms with Crippen LogP contribution in [-0.2, 0) is 17.4 Å². The molecule has 1 saturated heterocycles. The highest BCUT2D eigenvalue weighted by atomic mass is 19.4. The first kappa shape index (κ1) is 15.6. The van der Waals surface area contributed by atoms with Gasteiger partial charge in [0.2, 0.25) is 5.91 Å². The average molecular weight is 302 g/mol. The lowest BCUT2D eigenvalue weighted by atomic mass is 10.1. The first-order valence-corrected chi connectivity index (χ1v) is 6.78. The summed E-state index contributed by atoms with van der Waals surface area (Å²) < 4.78 is 37.5. The average Bonchev–Trinajstić information content (AvgIpc) is 2.91. The third-order valence-corrected chi connectivity index (χ3v) is 3.46. The maximum absolute atomic E-state index is 12.5. The second-order valence-electron chi connectivity index (χ2n) is 5.04. The third kappa shape index (κ3) is 4.10. The molecule has 1 unspecified atom stereocenters. The summed E-state index contributed by atoms with van der Waals surface area (Å²) in [5, 5.41) is 15.2. The minimum atomic E-state index is -4.56. The van der Waals surface area contributed by atoms with Gasteiger partial charge in [0.25, 0.3) is 0 Å². The molecule has 21 heavy (non-hydrogen) atoms. The lowest BCUT2D eigenvalue weighted by Gasteiger charge is -2.12. The van der Waals surface area contributed by atoms with Gasteiger partial charge in [-0.25, -0.2) is 0 Å². The zero-order chi connectivity index (χ0) is 15.5. The number of carbonyl (C=O) groups excluding carboxylic acids is 1. The van der Waals surface area contributed by atoms with E-state index in [-0.39, 0.29) is 11.9 Å². The number of rotatable bonds is 4. The molecule has 0 aliphatic carbocycles. The summed E-state index contributed by atoms with van der Waals surface area (Å²) in [7, 11) is 0. The van der Waals surface area contributed by atoms with E-state index in [4.69, 9.17) is 0 Å². The molecule has 4 nitrogen and oxygen atoms in total. The van der Waals surface area contributed by atoms with Gasteiger partial charge in [0.15, 0.2) is 0 Å². The number of benzene rings is 1. The Morgan fingerprint density at radius 1 is 1.43 bits per heavy atom. The van der Waals surface area contributed by atoms with E-state index >= 15 is 0 Å². The summed E-state index contributed by atoms with van der Waals surface area (Å²) in [5.74, 6) is -0.882. The zero-order valence-electron chi connectivity index (χ0n) is 11.3. The quantitative estimate of drug-likeness (QED) is 0.795. The highest BCUT2D eigenvalue weighted by Gasteiger charge is 2.33. The third-order valence-electron chi connectivity index (χ3n) is 3.46. The van der Waals surface area contributed by atoms with Gasteiger partial charge < -0.3 is 15.7 Å². The molecule has 1 amide bonds. The fourth-order valence-electron chi connectivity index (χ4n) is 2.33. The second-order valence-corrected chi connectivity index (χ2v) is 5.04. The van der Waals surface area contributed by atoms with Gasteiger partial charge in [0.05, 0.1) is 11.6 Å². The maximum atomic E-state index is 12.5. The fraction of sp³-hybridized carbons (Fsp3) is 0.500. The van der Waals surface area contributed by atoms with Crippen molar-refractivity contribution in [1.82, 2.24) is 10.6 Å². The summed E-state index contributed by atoms with van der Waals surface area (Å²) in [5.41, 5.74) is -0.509. The van der Waals surface area contributed by atoms with E-state index in [1.165, 1.54) is 6.07 Å². The van der Waals surface area contributed by atoms with Crippen LogP contribution in [0.2, 0.25) is 0 Å². The molecule has 7 heteroatoms. The number of phenolic OH excluding ortho intramolecular Hbond substituents is 1. The van der Waals surface area contributed by atoms with Gasteiger partial charge in [-0.15, -0.1) is 0 Å². The van der Waals surface area contributed by atoms with Crippen LogP contribution in [0.25, 0.3) is 0 Å². The summed E-state index contributed by atoms with van der Waals surface area (Å²) >= 11 is 0. The van der Waals surface area contributed by atoms with E-state index in [9.17, 15) is 23.1 Å². The Balaban J connectivity index is 1.86. The zero-order valence-corrected chi connectivity index (χ0v) is 11.3. The van der Waals surface area contributed by atoms with E-state index < -0.39 is 17.5 Å². The van der Waals surface area contributed by atoms with Crippen LogP contribution in [0.15, 0.2) is 18.2 Å². The predicted molar refractivity (Wildman–Crippen MR) is 70.8 cm³/mol. The van der Waals surface area contributed by atoms with Crippen LogP contribution in [0, 0.1) is 0 Å². The van der Waals surface area contributed by atoms with Crippen LogP contribution in [0.4, 0.5) is 13.2 Å². The monoisotopic (exact) mass is 302 g/mol. The van der Waals surface area contributed by atoms with E-state index in [0.717, 1.165) is 31.5 Å². The van der Waals surface area contributed by atoms with Gasteiger partial charge in [-0.1, -0.05) is 6.07 Å². The van der Waals surface area contributed by atoms with Crippen LogP contribution >= 0.6 is 0 Å². The molecule has 1 heterocycles. The van der Waals surface area contributed by atoms with Crippen LogP contribution in [0.5, 0.6) is 5.75 Å². The number of aromatic hydroxyl groups is 1. The van der Waals surface area contributed by atoms with Gasteiger partial charge in [-0.3, -0.25) is 4.79 Å². The van der Waals surface area contributed by atoms with Gasteiger partial charge in [0.1, 0.15) is 5.75 Å². The number of phenols is 1. The summed E-state index contributed by atoms with van der Waals surface area (Å²) in [6.45, 7) is 1.15. The Morgan fingerprint density at radius 3 is 2.76 bits per heavy atom. The van der Waals surface area contributed by atoms with Gasteiger partial charge in [-0.2, -0.15) is 13.2 Å². The minimum Gasteiger partial charge on any atom is -0.507 e. The number of alkyl halides is 3. The topological polar surface area (TPSA) is 61.4 Å². The SMILES string of the molecule is O=C(NCCc1ccc(C(F)(F)F)c(O)c1)C1CCCN1. The maximum Gasteiger partial charge on any atom is 0.419 e. The van der Waals surface area contributed by atoms with Gasteiger partial charge in [0, 0.05) is 6.54 Å². The molecule has 3 N–H and O–H groups in total. The first-order chi connectivity index (χ1) is 9.88. The lowest BCUT2D eigenvalue weighted by Crippen LogP contribution is -2.41. The van der Waals surface area contributed by atoms with Gasteiger partial charge >= 0.3 is 6.18 Å². The van der Waals surface area contributed by atoms with Crippen LogP contribution in [0.1, 0.15) is 24.0 Å². The number of hydrogen-bond donors (Lipinski definition) is 3. The molecule has 0 radical (unpaired) electrons. The van der Waals surface area contributed by atoms with Crippen LogP contribution < -0.4 is 10.6 Å². The van der Waals surface area contributed by atoms with Crippen molar-refractivity contribution >= 4 is 5.91 Å². The molecule has 0 bridgehead atoms. The molecule has 1 atom stereocenters. The molecule has 2 rings (SSSR count). The van der Waals surface area contributed by atoms with Crippen molar-refractivity contribution in [3.63, 3.8) is 0 Å². The lowest BCUT2D eigenvalue weighted by molar-refractivity contribution is -0.138. The highest BCUT2D eigenvalue weighted by Crippen LogP contribution is 2.35. The number of halogens is 3. The van der Waals surface area contributed by atoms with E-state index in [2.05, 4.69) is 10.6 Å². The van der Waals surface area contributed by atoms with E-state index in [0.29, 0.717) is 18.5 Å². The molecular weight excluding hydrogens is 285 g/mol. The predicted octanol–water partition coefficient (Wildman–Crippen LogP) is 1.82.